The first-order valence-electron chi connectivity index (χ1n) is 10.4. The van der Waals surface area contributed by atoms with E-state index in [1.165, 1.54) is 11.6 Å². The Balaban J connectivity index is 1.50. The molecule has 6 nitrogen and oxygen atoms in total. The zero-order chi connectivity index (χ0) is 23.4. The maximum absolute atomic E-state index is 12.5. The Morgan fingerprint density at radius 2 is 1.85 bits per heavy atom. The molecule has 4 aromatic rings. The number of hydrogen-bond acceptors (Lipinski definition) is 4. The average Bonchev–Trinajstić information content (AvgIpc) is 2.79. The number of aryl methyl sites for hydroxylation is 1. The predicted octanol–water partition coefficient (Wildman–Crippen LogP) is 4.91. The lowest BCUT2D eigenvalue weighted by molar-refractivity contribution is 0.0954. The van der Waals surface area contributed by atoms with Gasteiger partial charge in [0.2, 0.25) is 0 Å². The fraction of sp³-hybridized carbons (Fsp3) is 0.115. The highest BCUT2D eigenvalue weighted by atomic mass is 35.5. The Labute approximate surface area is 195 Å². The van der Waals surface area contributed by atoms with E-state index in [0.717, 1.165) is 12.0 Å². The van der Waals surface area contributed by atoms with Gasteiger partial charge < -0.3 is 15.4 Å². The number of carbonyl (C=O) groups excluding carboxylic acids is 1. The van der Waals surface area contributed by atoms with Crippen molar-refractivity contribution in [1.82, 2.24) is 15.3 Å². The number of amides is 1. The van der Waals surface area contributed by atoms with Crippen molar-refractivity contribution in [3.05, 3.63) is 110 Å². The summed E-state index contributed by atoms with van der Waals surface area (Å²) in [6, 6.07) is 19.7. The third kappa shape index (κ3) is 5.48. The Morgan fingerprint density at radius 3 is 2.61 bits per heavy atom. The zero-order valence-corrected chi connectivity index (χ0v) is 18.7. The van der Waals surface area contributed by atoms with Crippen molar-refractivity contribution in [2.24, 2.45) is 0 Å². The van der Waals surface area contributed by atoms with Crippen molar-refractivity contribution in [2.75, 3.05) is 6.54 Å². The first kappa shape index (κ1) is 22.3. The number of aliphatic hydroxyl groups excluding tert-OH is 1. The molecule has 0 aliphatic heterocycles. The summed E-state index contributed by atoms with van der Waals surface area (Å²) >= 11 is 5.87. The number of rotatable bonds is 6. The predicted molar refractivity (Wildman–Crippen MR) is 132 cm³/mol. The lowest BCUT2D eigenvalue weighted by Gasteiger charge is -2.07. The second-order valence-electron chi connectivity index (χ2n) is 7.71. The van der Waals surface area contributed by atoms with Gasteiger partial charge in [-0.1, -0.05) is 41.4 Å². The summed E-state index contributed by atoms with van der Waals surface area (Å²) in [4.78, 5) is 32.1. The quantitative estimate of drug-likeness (QED) is 0.357. The van der Waals surface area contributed by atoms with Gasteiger partial charge in [0.05, 0.1) is 11.0 Å². The Morgan fingerprint density at radius 1 is 1.09 bits per heavy atom. The molecule has 33 heavy (non-hydrogen) atoms. The summed E-state index contributed by atoms with van der Waals surface area (Å²) in [6.07, 6.45) is 2.03. The molecule has 0 aliphatic carbocycles. The monoisotopic (exact) mass is 459 g/mol. The fourth-order valence-electron chi connectivity index (χ4n) is 3.46. The van der Waals surface area contributed by atoms with Crippen LogP contribution in [0, 0.1) is 6.92 Å². The first-order valence-corrected chi connectivity index (χ1v) is 10.8. The Kier molecular flexibility index (Phi) is 6.56. The number of hydrogen-bond donors (Lipinski definition) is 3. The summed E-state index contributed by atoms with van der Waals surface area (Å²) < 4.78 is 0. The van der Waals surface area contributed by atoms with Crippen LogP contribution in [0.4, 0.5) is 0 Å². The molecule has 4 rings (SSSR count). The third-order valence-electron chi connectivity index (χ3n) is 5.18. The molecule has 0 fully saturated rings. The van der Waals surface area contributed by atoms with E-state index < -0.39 is 5.56 Å². The van der Waals surface area contributed by atoms with Crippen LogP contribution in [0.25, 0.3) is 22.9 Å². The molecular formula is C26H22ClN3O3. The van der Waals surface area contributed by atoms with Gasteiger partial charge in [-0.05, 0) is 61.4 Å². The molecule has 0 atom stereocenters. The molecule has 0 unspecified atom stereocenters. The number of halogens is 1. The topological polar surface area (TPSA) is 95.1 Å². The van der Waals surface area contributed by atoms with Crippen LogP contribution in [0.3, 0.4) is 0 Å². The second kappa shape index (κ2) is 9.71. The molecule has 0 bridgehead atoms. The second-order valence-corrected chi connectivity index (χ2v) is 8.15. The van der Waals surface area contributed by atoms with Gasteiger partial charge in [-0.3, -0.25) is 9.59 Å². The molecule has 3 aromatic carbocycles. The van der Waals surface area contributed by atoms with Crippen molar-refractivity contribution >= 4 is 40.4 Å². The number of fused-ring (bicyclic) bond motifs is 1. The van der Waals surface area contributed by atoms with Gasteiger partial charge in [0, 0.05) is 28.8 Å². The highest BCUT2D eigenvalue weighted by molar-refractivity contribution is 6.30. The summed E-state index contributed by atoms with van der Waals surface area (Å²) in [5.74, 6) is -0.330. The van der Waals surface area contributed by atoms with Crippen LogP contribution in [0.2, 0.25) is 5.02 Å². The average molecular weight is 460 g/mol. The van der Waals surface area contributed by atoms with E-state index in [4.69, 9.17) is 11.6 Å². The lowest BCUT2D eigenvalue weighted by Crippen LogP contribution is -2.25. The lowest BCUT2D eigenvalue weighted by atomic mass is 10.1. The molecule has 1 aromatic heterocycles. The van der Waals surface area contributed by atoms with E-state index in [0.29, 0.717) is 33.7 Å². The maximum atomic E-state index is 12.5. The van der Waals surface area contributed by atoms with Gasteiger partial charge in [0.15, 0.2) is 0 Å². The highest BCUT2D eigenvalue weighted by Crippen LogP contribution is 2.18. The van der Waals surface area contributed by atoms with Crippen LogP contribution in [0.5, 0.6) is 0 Å². The van der Waals surface area contributed by atoms with E-state index in [1.807, 2.05) is 25.1 Å². The van der Waals surface area contributed by atoms with Crippen molar-refractivity contribution in [2.45, 2.75) is 13.3 Å². The van der Waals surface area contributed by atoms with Crippen molar-refractivity contribution in [3.8, 4) is 0 Å². The van der Waals surface area contributed by atoms with E-state index in [1.54, 1.807) is 42.5 Å². The minimum absolute atomic E-state index is 0.0605. The van der Waals surface area contributed by atoms with Crippen LogP contribution in [-0.4, -0.2) is 27.5 Å². The molecule has 0 saturated carbocycles. The van der Waals surface area contributed by atoms with Gasteiger partial charge in [-0.15, -0.1) is 0 Å². The molecule has 0 saturated heterocycles. The third-order valence-corrected chi connectivity index (χ3v) is 5.43. The molecule has 1 heterocycles. The number of H-pyrrole nitrogens is 1. The van der Waals surface area contributed by atoms with Gasteiger partial charge >= 0.3 is 0 Å². The standard InChI is InChI=1S/C26H22ClN3O3/c1-16-3-2-4-17(13-16)11-12-28-25(32)19-7-10-21-22(14-19)30-26(33)23(29-21)15-24(31)18-5-8-20(27)9-6-18/h2-10,13-15,31H,11-12H2,1H3,(H,28,32)(H,30,33)/b24-15-. The number of carbonyl (C=O) groups is 1. The molecule has 3 N–H and O–H groups in total. The van der Waals surface area contributed by atoms with E-state index in [9.17, 15) is 14.7 Å². The number of aliphatic hydroxyl groups is 1. The highest BCUT2D eigenvalue weighted by Gasteiger charge is 2.10. The number of nitrogens with one attached hydrogen (secondary N) is 2. The Hall–Kier alpha value is -3.90. The van der Waals surface area contributed by atoms with E-state index >= 15 is 0 Å². The minimum Gasteiger partial charge on any atom is -0.507 e. The largest absolute Gasteiger partial charge is 0.507 e. The summed E-state index contributed by atoms with van der Waals surface area (Å²) in [7, 11) is 0. The van der Waals surface area contributed by atoms with Crippen LogP contribution in [0.15, 0.2) is 71.5 Å². The van der Waals surface area contributed by atoms with E-state index in [2.05, 4.69) is 21.4 Å². The minimum atomic E-state index is -0.472. The number of aromatic nitrogens is 2. The molecule has 1 amide bonds. The fourth-order valence-corrected chi connectivity index (χ4v) is 3.59. The molecule has 0 spiro atoms. The van der Waals surface area contributed by atoms with Crippen LogP contribution >= 0.6 is 11.6 Å². The van der Waals surface area contributed by atoms with Crippen LogP contribution in [-0.2, 0) is 6.42 Å². The summed E-state index contributed by atoms with van der Waals surface area (Å²) in [5.41, 5.74) is 3.81. The smallest absolute Gasteiger partial charge is 0.274 e. The molecular weight excluding hydrogens is 438 g/mol. The summed E-state index contributed by atoms with van der Waals surface area (Å²) in [5, 5.41) is 13.8. The first-order chi connectivity index (χ1) is 15.9. The van der Waals surface area contributed by atoms with Gasteiger partial charge in [-0.25, -0.2) is 4.98 Å². The van der Waals surface area contributed by atoms with Crippen molar-refractivity contribution < 1.29 is 9.90 Å². The SMILES string of the molecule is Cc1cccc(CCNC(=O)c2ccc3nc(/C=C(\O)c4ccc(Cl)cc4)c(=O)[nH]c3c2)c1. The zero-order valence-electron chi connectivity index (χ0n) is 17.9. The maximum Gasteiger partial charge on any atom is 0.274 e. The number of nitrogens with zero attached hydrogens (tertiary/aromatic N) is 1. The summed E-state index contributed by atoms with van der Waals surface area (Å²) in [6.45, 7) is 2.54. The van der Waals surface area contributed by atoms with Crippen LogP contribution < -0.4 is 10.9 Å². The van der Waals surface area contributed by atoms with Crippen molar-refractivity contribution in [3.63, 3.8) is 0 Å². The molecule has 166 valence electrons. The van der Waals surface area contributed by atoms with Crippen molar-refractivity contribution in [1.29, 1.82) is 0 Å². The number of benzene rings is 3. The van der Waals surface area contributed by atoms with Gasteiger partial charge in [0.25, 0.3) is 11.5 Å². The van der Waals surface area contributed by atoms with Crippen LogP contribution in [0.1, 0.15) is 32.7 Å². The molecule has 7 heteroatoms. The van der Waals surface area contributed by atoms with Gasteiger partial charge in [0.1, 0.15) is 11.5 Å². The normalized spacial score (nSPS) is 11.5. The van der Waals surface area contributed by atoms with Gasteiger partial charge in [-0.2, -0.15) is 0 Å². The molecule has 0 radical (unpaired) electrons. The molecule has 0 aliphatic rings. The Bertz CT molecular complexity index is 1410. The van der Waals surface area contributed by atoms with E-state index in [-0.39, 0.29) is 17.4 Å². The number of aromatic amines is 1.